The molecule has 0 bridgehead atoms. The normalized spacial score (nSPS) is 24.2. The lowest BCUT2D eigenvalue weighted by molar-refractivity contribution is 0.0458. The topological polar surface area (TPSA) is 97.8 Å². The summed E-state index contributed by atoms with van der Waals surface area (Å²) >= 11 is 0. The molecule has 2 fully saturated rings. The SMILES string of the molecule is COC(=O)c1ccc2c(c1)O[C@@H](CN1CCC(CCN3C(=O)OC[C@H]3CO)CC1)CO2. The molecule has 31 heavy (non-hydrogen) atoms. The number of cyclic esters (lactones) is 1. The highest BCUT2D eigenvalue weighted by atomic mass is 16.6. The van der Waals surface area contributed by atoms with Crippen LogP contribution in [0.3, 0.4) is 0 Å². The molecule has 3 aliphatic heterocycles. The monoisotopic (exact) mass is 434 g/mol. The number of amides is 1. The number of piperidine rings is 1. The van der Waals surface area contributed by atoms with E-state index in [9.17, 15) is 14.7 Å². The summed E-state index contributed by atoms with van der Waals surface area (Å²) in [4.78, 5) is 27.6. The number of aliphatic hydroxyl groups is 1. The zero-order valence-corrected chi connectivity index (χ0v) is 17.8. The van der Waals surface area contributed by atoms with Crippen LogP contribution < -0.4 is 9.47 Å². The first-order valence-electron chi connectivity index (χ1n) is 10.9. The number of rotatable bonds is 7. The van der Waals surface area contributed by atoms with Gasteiger partial charge in [-0.3, -0.25) is 9.80 Å². The van der Waals surface area contributed by atoms with Crippen molar-refractivity contribution in [2.45, 2.75) is 31.4 Å². The molecule has 4 rings (SSSR count). The number of fused-ring (bicyclic) bond motifs is 1. The number of hydrogen-bond acceptors (Lipinski definition) is 8. The Labute approximate surface area is 181 Å². The van der Waals surface area contributed by atoms with E-state index in [4.69, 9.17) is 18.9 Å². The molecule has 0 spiro atoms. The highest BCUT2D eigenvalue weighted by Crippen LogP contribution is 2.33. The Morgan fingerprint density at radius 2 is 2.00 bits per heavy atom. The molecule has 3 aliphatic rings. The maximum Gasteiger partial charge on any atom is 0.410 e. The molecule has 0 radical (unpaired) electrons. The number of ether oxygens (including phenoxy) is 4. The highest BCUT2D eigenvalue weighted by molar-refractivity contribution is 5.90. The first-order chi connectivity index (χ1) is 15.1. The van der Waals surface area contributed by atoms with Gasteiger partial charge in [-0.15, -0.1) is 0 Å². The van der Waals surface area contributed by atoms with Gasteiger partial charge in [0.2, 0.25) is 0 Å². The van der Waals surface area contributed by atoms with E-state index in [1.165, 1.54) is 7.11 Å². The summed E-state index contributed by atoms with van der Waals surface area (Å²) in [5.74, 6) is 1.37. The number of likely N-dealkylation sites (tertiary alicyclic amines) is 1. The van der Waals surface area contributed by atoms with E-state index < -0.39 is 5.97 Å². The predicted molar refractivity (Wildman–Crippen MR) is 110 cm³/mol. The fourth-order valence-electron chi connectivity index (χ4n) is 4.43. The lowest BCUT2D eigenvalue weighted by Crippen LogP contribution is -2.44. The summed E-state index contributed by atoms with van der Waals surface area (Å²) in [5.41, 5.74) is 0.441. The molecule has 2 saturated heterocycles. The zero-order valence-electron chi connectivity index (χ0n) is 17.8. The van der Waals surface area contributed by atoms with E-state index in [0.29, 0.717) is 36.1 Å². The molecule has 3 heterocycles. The van der Waals surface area contributed by atoms with E-state index in [2.05, 4.69) is 4.90 Å². The molecule has 170 valence electrons. The fourth-order valence-corrected chi connectivity index (χ4v) is 4.43. The average molecular weight is 434 g/mol. The van der Waals surface area contributed by atoms with E-state index in [1.807, 2.05) is 0 Å². The highest BCUT2D eigenvalue weighted by Gasteiger charge is 2.33. The van der Waals surface area contributed by atoms with Crippen LogP contribution in [-0.2, 0) is 9.47 Å². The lowest BCUT2D eigenvalue weighted by Gasteiger charge is -2.36. The minimum Gasteiger partial charge on any atom is -0.486 e. The molecule has 0 saturated carbocycles. The van der Waals surface area contributed by atoms with Gasteiger partial charge < -0.3 is 24.1 Å². The van der Waals surface area contributed by atoms with E-state index >= 15 is 0 Å². The molecular formula is C22H30N2O7. The number of methoxy groups -OCH3 is 1. The summed E-state index contributed by atoms with van der Waals surface area (Å²) in [7, 11) is 1.35. The number of esters is 1. The molecule has 0 aromatic heterocycles. The van der Waals surface area contributed by atoms with Crippen LogP contribution in [0.2, 0.25) is 0 Å². The van der Waals surface area contributed by atoms with Gasteiger partial charge in [0.05, 0.1) is 25.3 Å². The van der Waals surface area contributed by atoms with Gasteiger partial charge in [-0.2, -0.15) is 0 Å². The van der Waals surface area contributed by atoms with Crippen LogP contribution in [0.5, 0.6) is 11.5 Å². The van der Waals surface area contributed by atoms with Crippen molar-refractivity contribution in [2.24, 2.45) is 5.92 Å². The number of carbonyl (C=O) groups excluding carboxylic acids is 2. The van der Waals surface area contributed by atoms with Gasteiger partial charge in [0.15, 0.2) is 11.5 Å². The second-order valence-corrected chi connectivity index (χ2v) is 8.34. The Kier molecular flexibility index (Phi) is 6.82. The summed E-state index contributed by atoms with van der Waals surface area (Å²) in [6.07, 6.45) is 2.63. The molecule has 1 N–H and O–H groups in total. The Balaban J connectivity index is 1.22. The van der Waals surface area contributed by atoms with Crippen LogP contribution in [0.4, 0.5) is 4.79 Å². The lowest BCUT2D eigenvalue weighted by atomic mass is 9.93. The average Bonchev–Trinajstić information content (AvgIpc) is 3.17. The molecule has 1 aromatic rings. The minimum absolute atomic E-state index is 0.0576. The molecule has 1 aromatic carbocycles. The number of benzene rings is 1. The van der Waals surface area contributed by atoms with Gasteiger partial charge >= 0.3 is 12.1 Å². The van der Waals surface area contributed by atoms with Gasteiger partial charge in [0.25, 0.3) is 0 Å². The van der Waals surface area contributed by atoms with Crippen molar-refractivity contribution in [1.29, 1.82) is 0 Å². The van der Waals surface area contributed by atoms with E-state index in [0.717, 1.165) is 38.9 Å². The van der Waals surface area contributed by atoms with Crippen molar-refractivity contribution < 1.29 is 33.6 Å². The van der Waals surface area contributed by atoms with Gasteiger partial charge in [-0.1, -0.05) is 0 Å². The van der Waals surface area contributed by atoms with Gasteiger partial charge in [-0.25, -0.2) is 9.59 Å². The Hall–Kier alpha value is -2.52. The summed E-state index contributed by atoms with van der Waals surface area (Å²) in [5, 5.41) is 9.37. The third-order valence-corrected chi connectivity index (χ3v) is 6.32. The van der Waals surface area contributed by atoms with E-state index in [-0.39, 0.29) is 31.5 Å². The molecule has 9 heteroatoms. The van der Waals surface area contributed by atoms with Gasteiger partial charge in [0.1, 0.15) is 19.3 Å². The van der Waals surface area contributed by atoms with Crippen molar-refractivity contribution in [3.8, 4) is 11.5 Å². The van der Waals surface area contributed by atoms with Gasteiger partial charge in [-0.05, 0) is 56.5 Å². The van der Waals surface area contributed by atoms with Crippen LogP contribution in [0.15, 0.2) is 18.2 Å². The van der Waals surface area contributed by atoms with Crippen LogP contribution >= 0.6 is 0 Å². The number of nitrogens with zero attached hydrogens (tertiary/aromatic N) is 2. The number of hydrogen-bond donors (Lipinski definition) is 1. The second kappa shape index (κ2) is 9.74. The summed E-state index contributed by atoms with van der Waals surface area (Å²) < 4.78 is 21.7. The largest absolute Gasteiger partial charge is 0.486 e. The Morgan fingerprint density at radius 1 is 1.19 bits per heavy atom. The standard InChI is InChI=1S/C22H30N2O7/c1-28-21(26)16-2-3-19-20(10-16)31-18(14-29-19)11-23-7-4-15(5-8-23)6-9-24-17(12-25)13-30-22(24)27/h2-3,10,15,17-18,25H,4-9,11-14H2,1H3/t17-,18+/m1/s1. The van der Waals surface area contributed by atoms with Crippen molar-refractivity contribution in [3.05, 3.63) is 23.8 Å². The molecule has 9 nitrogen and oxygen atoms in total. The maximum atomic E-state index is 11.8. The van der Waals surface area contributed by atoms with Crippen molar-refractivity contribution in [1.82, 2.24) is 9.80 Å². The van der Waals surface area contributed by atoms with Crippen LogP contribution in [0, 0.1) is 5.92 Å². The predicted octanol–water partition coefficient (Wildman–Crippen LogP) is 1.53. The third kappa shape index (κ3) is 5.04. The quantitative estimate of drug-likeness (QED) is 0.646. The van der Waals surface area contributed by atoms with Crippen LogP contribution in [0.25, 0.3) is 0 Å². The minimum atomic E-state index is -0.400. The third-order valence-electron chi connectivity index (χ3n) is 6.32. The van der Waals surface area contributed by atoms with Crippen molar-refractivity contribution in [3.63, 3.8) is 0 Å². The van der Waals surface area contributed by atoms with Gasteiger partial charge in [0, 0.05) is 13.1 Å². The molecule has 0 unspecified atom stereocenters. The Bertz CT molecular complexity index is 794. The molecular weight excluding hydrogens is 404 g/mol. The smallest absolute Gasteiger partial charge is 0.410 e. The summed E-state index contributed by atoms with van der Waals surface area (Å²) in [6, 6.07) is 4.87. The number of carbonyl (C=O) groups is 2. The van der Waals surface area contributed by atoms with Crippen LogP contribution in [-0.4, -0.2) is 92.2 Å². The summed E-state index contributed by atoms with van der Waals surface area (Å²) in [6.45, 7) is 4.03. The molecule has 1 amide bonds. The molecule has 0 aliphatic carbocycles. The first-order valence-corrected chi connectivity index (χ1v) is 10.9. The fraction of sp³-hybridized carbons (Fsp3) is 0.636. The first kappa shape index (κ1) is 21.7. The maximum absolute atomic E-state index is 11.8. The van der Waals surface area contributed by atoms with Crippen molar-refractivity contribution >= 4 is 12.1 Å². The second-order valence-electron chi connectivity index (χ2n) is 8.34. The number of aliphatic hydroxyl groups excluding tert-OH is 1. The zero-order chi connectivity index (χ0) is 21.8. The van der Waals surface area contributed by atoms with Crippen molar-refractivity contribution in [2.75, 3.05) is 53.1 Å². The molecule has 2 atom stereocenters. The van der Waals surface area contributed by atoms with E-state index in [1.54, 1.807) is 23.1 Å². The van der Waals surface area contributed by atoms with Crippen LogP contribution in [0.1, 0.15) is 29.6 Å². The Morgan fingerprint density at radius 3 is 2.74 bits per heavy atom.